The SMILES string of the molecule is C=CCC(C)(C)[C@H]1OC[C@]2(C)C(O)=C(C(=O)Nc3ccc(N4CCCCC4)cc3)C(=O)N12. The van der Waals surface area contributed by atoms with Crippen LogP contribution in [0.4, 0.5) is 11.4 Å². The topological polar surface area (TPSA) is 82.1 Å². The Morgan fingerprint density at radius 3 is 2.56 bits per heavy atom. The molecule has 0 unspecified atom stereocenters. The number of anilines is 2. The van der Waals surface area contributed by atoms with Gasteiger partial charge in [0.1, 0.15) is 23.1 Å². The average molecular weight is 440 g/mol. The predicted octanol–water partition coefficient (Wildman–Crippen LogP) is 3.99. The average Bonchev–Trinajstić information content (AvgIpc) is 3.22. The van der Waals surface area contributed by atoms with Gasteiger partial charge in [0.05, 0.1) is 6.61 Å². The molecule has 0 bridgehead atoms. The van der Waals surface area contributed by atoms with Gasteiger partial charge in [0, 0.05) is 29.9 Å². The Balaban J connectivity index is 1.51. The molecule has 3 heterocycles. The highest BCUT2D eigenvalue weighted by molar-refractivity contribution is 6.25. The quantitative estimate of drug-likeness (QED) is 0.517. The van der Waals surface area contributed by atoms with E-state index in [-0.39, 0.29) is 17.9 Å². The number of hydrogen-bond acceptors (Lipinski definition) is 5. The van der Waals surface area contributed by atoms with Crippen molar-refractivity contribution in [1.82, 2.24) is 4.90 Å². The molecule has 1 aromatic carbocycles. The van der Waals surface area contributed by atoms with Gasteiger partial charge in [0.2, 0.25) is 0 Å². The van der Waals surface area contributed by atoms with Crippen molar-refractivity contribution in [2.45, 2.75) is 58.2 Å². The van der Waals surface area contributed by atoms with Crippen LogP contribution in [0.1, 0.15) is 46.5 Å². The maximum absolute atomic E-state index is 13.3. The minimum Gasteiger partial charge on any atom is -0.509 e. The molecule has 172 valence electrons. The third-order valence-electron chi connectivity index (χ3n) is 6.88. The van der Waals surface area contributed by atoms with Crippen LogP contribution in [0, 0.1) is 5.41 Å². The van der Waals surface area contributed by atoms with Crippen LogP contribution in [0.15, 0.2) is 48.3 Å². The fraction of sp³-hybridized carbons (Fsp3) is 0.520. The second kappa shape index (κ2) is 8.28. The Bertz CT molecular complexity index is 946. The third-order valence-corrected chi connectivity index (χ3v) is 6.88. The van der Waals surface area contributed by atoms with Gasteiger partial charge < -0.3 is 20.1 Å². The Morgan fingerprint density at radius 1 is 1.28 bits per heavy atom. The first-order valence-corrected chi connectivity index (χ1v) is 11.4. The normalized spacial score (nSPS) is 25.8. The summed E-state index contributed by atoms with van der Waals surface area (Å²) < 4.78 is 5.93. The molecule has 0 spiro atoms. The molecule has 3 aliphatic heterocycles. The van der Waals surface area contributed by atoms with E-state index in [9.17, 15) is 14.7 Å². The molecule has 1 aromatic rings. The highest BCUT2D eigenvalue weighted by Gasteiger charge is 2.60. The zero-order valence-corrected chi connectivity index (χ0v) is 19.2. The van der Waals surface area contributed by atoms with Gasteiger partial charge in [-0.15, -0.1) is 6.58 Å². The summed E-state index contributed by atoms with van der Waals surface area (Å²) in [5.41, 5.74) is 0.0341. The van der Waals surface area contributed by atoms with Gasteiger partial charge in [-0.3, -0.25) is 14.5 Å². The molecule has 7 heteroatoms. The summed E-state index contributed by atoms with van der Waals surface area (Å²) in [6, 6.07) is 7.63. The number of carbonyl (C=O) groups excluding carboxylic acids is 2. The number of carbonyl (C=O) groups is 2. The van der Waals surface area contributed by atoms with Crippen LogP contribution >= 0.6 is 0 Å². The van der Waals surface area contributed by atoms with Gasteiger partial charge in [-0.1, -0.05) is 19.9 Å². The molecule has 0 radical (unpaired) electrons. The van der Waals surface area contributed by atoms with Crippen LogP contribution in [0.2, 0.25) is 0 Å². The number of amides is 2. The summed E-state index contributed by atoms with van der Waals surface area (Å²) in [5.74, 6) is -1.34. The van der Waals surface area contributed by atoms with Gasteiger partial charge in [0.15, 0.2) is 0 Å². The Kier molecular flexibility index (Phi) is 5.79. The number of rotatable bonds is 6. The van der Waals surface area contributed by atoms with Gasteiger partial charge in [-0.2, -0.15) is 0 Å². The first-order chi connectivity index (χ1) is 15.2. The molecule has 0 aliphatic carbocycles. The van der Waals surface area contributed by atoms with E-state index in [0.717, 1.165) is 18.8 Å². The maximum atomic E-state index is 13.3. The zero-order chi connectivity index (χ0) is 23.1. The summed E-state index contributed by atoms with van der Waals surface area (Å²) in [6.07, 6.45) is 5.50. The largest absolute Gasteiger partial charge is 0.509 e. The summed E-state index contributed by atoms with van der Waals surface area (Å²) in [7, 11) is 0. The van der Waals surface area contributed by atoms with Crippen molar-refractivity contribution in [3.63, 3.8) is 0 Å². The van der Waals surface area contributed by atoms with E-state index >= 15 is 0 Å². The monoisotopic (exact) mass is 439 g/mol. The molecule has 2 N–H and O–H groups in total. The van der Waals surface area contributed by atoms with Crippen molar-refractivity contribution >= 4 is 23.2 Å². The smallest absolute Gasteiger partial charge is 0.265 e. The highest BCUT2D eigenvalue weighted by Crippen LogP contribution is 2.47. The van der Waals surface area contributed by atoms with Crippen molar-refractivity contribution in [2.24, 2.45) is 5.41 Å². The maximum Gasteiger partial charge on any atom is 0.265 e. The molecule has 7 nitrogen and oxygen atoms in total. The van der Waals surface area contributed by atoms with Gasteiger partial charge in [-0.25, -0.2) is 0 Å². The standard InChI is InChI=1S/C25H33N3O4/c1-5-13-24(2,3)23-28-22(31)19(20(29)25(28,4)16-32-23)21(30)26-17-9-11-18(12-10-17)27-14-7-6-8-15-27/h5,9-12,23,29H,1,6-8,13-16H2,2-4H3,(H,26,30)/t23-,25-/m1/s1. The van der Waals surface area contributed by atoms with Gasteiger partial charge in [-0.05, 0) is 56.9 Å². The molecule has 0 aromatic heterocycles. The van der Waals surface area contributed by atoms with Crippen LogP contribution < -0.4 is 10.2 Å². The minimum absolute atomic E-state index is 0.136. The predicted molar refractivity (Wildman–Crippen MR) is 124 cm³/mol. The molecule has 2 amide bonds. The van der Waals surface area contributed by atoms with Crippen molar-refractivity contribution < 1.29 is 19.4 Å². The van der Waals surface area contributed by atoms with Crippen LogP contribution in [-0.2, 0) is 14.3 Å². The molecule has 3 aliphatic rings. The molecule has 2 saturated heterocycles. The lowest BCUT2D eigenvalue weighted by atomic mass is 9.86. The van der Waals surface area contributed by atoms with Crippen molar-refractivity contribution in [3.05, 3.63) is 48.3 Å². The fourth-order valence-electron chi connectivity index (χ4n) is 5.00. The number of piperidine rings is 1. The van der Waals surface area contributed by atoms with Crippen molar-refractivity contribution in [2.75, 3.05) is 29.9 Å². The Hall–Kier alpha value is -2.80. The fourth-order valence-corrected chi connectivity index (χ4v) is 5.00. The van der Waals surface area contributed by atoms with Crippen molar-refractivity contribution in [1.29, 1.82) is 0 Å². The van der Waals surface area contributed by atoms with E-state index in [2.05, 4.69) is 16.8 Å². The van der Waals surface area contributed by atoms with E-state index < -0.39 is 29.0 Å². The van der Waals surface area contributed by atoms with Crippen LogP contribution in [0.5, 0.6) is 0 Å². The Morgan fingerprint density at radius 2 is 1.94 bits per heavy atom. The van der Waals surface area contributed by atoms with Gasteiger partial charge >= 0.3 is 0 Å². The van der Waals surface area contributed by atoms with E-state index in [0.29, 0.717) is 12.1 Å². The number of hydrogen-bond donors (Lipinski definition) is 2. The highest BCUT2D eigenvalue weighted by atomic mass is 16.5. The molecule has 0 saturated carbocycles. The minimum atomic E-state index is -1.05. The van der Waals surface area contributed by atoms with Crippen molar-refractivity contribution in [3.8, 4) is 0 Å². The molecule has 2 fully saturated rings. The lowest BCUT2D eigenvalue weighted by molar-refractivity contribution is -0.141. The summed E-state index contributed by atoms with van der Waals surface area (Å²) in [4.78, 5) is 30.2. The number of ether oxygens (including phenoxy) is 1. The molecular weight excluding hydrogens is 406 g/mol. The summed E-state index contributed by atoms with van der Waals surface area (Å²) in [5, 5.41) is 13.7. The van der Waals surface area contributed by atoms with Crippen LogP contribution in [0.25, 0.3) is 0 Å². The number of nitrogens with one attached hydrogen (secondary N) is 1. The first kappa shape index (κ1) is 22.4. The summed E-state index contributed by atoms with van der Waals surface area (Å²) >= 11 is 0. The first-order valence-electron chi connectivity index (χ1n) is 11.4. The lowest BCUT2D eigenvalue weighted by Gasteiger charge is -2.38. The van der Waals surface area contributed by atoms with E-state index in [1.54, 1.807) is 13.0 Å². The van der Waals surface area contributed by atoms with E-state index in [1.165, 1.54) is 24.2 Å². The second-order valence-corrected chi connectivity index (χ2v) is 9.87. The lowest BCUT2D eigenvalue weighted by Crippen LogP contribution is -2.51. The van der Waals surface area contributed by atoms with Crippen LogP contribution in [-0.4, -0.2) is 53.3 Å². The number of aliphatic hydroxyl groups excluding tert-OH is 1. The second-order valence-electron chi connectivity index (χ2n) is 9.87. The van der Waals surface area contributed by atoms with E-state index in [4.69, 9.17) is 4.74 Å². The van der Waals surface area contributed by atoms with Gasteiger partial charge in [0.25, 0.3) is 11.8 Å². The zero-order valence-electron chi connectivity index (χ0n) is 19.2. The van der Waals surface area contributed by atoms with E-state index in [1.807, 2.05) is 38.1 Å². The number of nitrogens with zero attached hydrogens (tertiary/aromatic N) is 2. The molecular formula is C25H33N3O4. The molecule has 2 atom stereocenters. The summed E-state index contributed by atoms with van der Waals surface area (Å²) in [6.45, 7) is 11.7. The third kappa shape index (κ3) is 3.68. The Labute approximate surface area is 189 Å². The molecule has 4 rings (SSSR count). The molecule has 32 heavy (non-hydrogen) atoms. The van der Waals surface area contributed by atoms with Crippen LogP contribution in [0.3, 0.4) is 0 Å². The number of allylic oxidation sites excluding steroid dienone is 1. The number of fused-ring (bicyclic) bond motifs is 1. The number of aliphatic hydroxyl groups is 1. The number of benzene rings is 1.